The topological polar surface area (TPSA) is 52.3 Å². The minimum absolute atomic E-state index is 0.362. The van der Waals surface area contributed by atoms with Crippen LogP contribution in [-0.4, -0.2) is 12.5 Å². The number of carbonyl (C=O) groups is 1. The summed E-state index contributed by atoms with van der Waals surface area (Å²) in [6, 6.07) is 4.13. The van der Waals surface area contributed by atoms with E-state index in [4.69, 9.17) is 10.5 Å². The Morgan fingerprint density at radius 2 is 2.19 bits per heavy atom. The zero-order valence-corrected chi connectivity index (χ0v) is 8.95. The lowest BCUT2D eigenvalue weighted by Crippen LogP contribution is -2.06. The van der Waals surface area contributed by atoms with E-state index in [2.05, 4.69) is 6.07 Å². The maximum atomic E-state index is 11.0. The summed E-state index contributed by atoms with van der Waals surface area (Å²) >= 11 is 0. The number of hydrogen-bond donors (Lipinski definition) is 1. The van der Waals surface area contributed by atoms with Gasteiger partial charge in [-0.15, -0.1) is 0 Å². The molecule has 1 heterocycles. The SMILES string of the molecule is NC(=O)C=C1CCc2ccc3c(c21)CCO3. The number of primary amides is 1. The van der Waals surface area contributed by atoms with Crippen LogP contribution < -0.4 is 10.5 Å². The zero-order chi connectivity index (χ0) is 11.1. The number of rotatable bonds is 1. The fraction of sp³-hybridized carbons (Fsp3) is 0.308. The Bertz CT molecular complexity index is 503. The molecule has 1 aliphatic heterocycles. The lowest BCUT2D eigenvalue weighted by atomic mass is 9.98. The number of allylic oxidation sites excluding steroid dienone is 1. The molecule has 0 spiro atoms. The third-order valence-electron chi connectivity index (χ3n) is 3.27. The van der Waals surface area contributed by atoms with Gasteiger partial charge in [-0.05, 0) is 35.6 Å². The summed E-state index contributed by atoms with van der Waals surface area (Å²) in [6.45, 7) is 0.746. The molecular formula is C13H13NO2. The van der Waals surface area contributed by atoms with Crippen LogP contribution in [0.4, 0.5) is 0 Å². The van der Waals surface area contributed by atoms with Gasteiger partial charge in [-0.3, -0.25) is 4.79 Å². The number of amides is 1. The quantitative estimate of drug-likeness (QED) is 0.720. The molecule has 0 fully saturated rings. The van der Waals surface area contributed by atoms with Crippen molar-refractivity contribution in [3.05, 3.63) is 34.9 Å². The molecule has 0 radical (unpaired) electrons. The molecule has 82 valence electrons. The van der Waals surface area contributed by atoms with Crippen LogP contribution in [0.25, 0.3) is 5.57 Å². The lowest BCUT2D eigenvalue weighted by Gasteiger charge is -2.06. The summed E-state index contributed by atoms with van der Waals surface area (Å²) in [5.41, 5.74) is 10.1. The monoisotopic (exact) mass is 215 g/mol. The fourth-order valence-corrected chi connectivity index (χ4v) is 2.64. The predicted octanol–water partition coefficient (Wildman–Crippen LogP) is 1.44. The summed E-state index contributed by atoms with van der Waals surface area (Å²) in [7, 11) is 0. The molecule has 0 bridgehead atoms. The number of aryl methyl sites for hydroxylation is 1. The van der Waals surface area contributed by atoms with Crippen LogP contribution >= 0.6 is 0 Å². The summed E-state index contributed by atoms with van der Waals surface area (Å²) in [5.74, 6) is 0.607. The average molecular weight is 215 g/mol. The van der Waals surface area contributed by atoms with Crippen molar-refractivity contribution in [3.63, 3.8) is 0 Å². The van der Waals surface area contributed by atoms with Crippen molar-refractivity contribution >= 4 is 11.5 Å². The first-order valence-corrected chi connectivity index (χ1v) is 5.53. The van der Waals surface area contributed by atoms with Crippen LogP contribution in [0.2, 0.25) is 0 Å². The third kappa shape index (κ3) is 1.32. The number of ether oxygens (including phenoxy) is 1. The minimum Gasteiger partial charge on any atom is -0.493 e. The highest BCUT2D eigenvalue weighted by Crippen LogP contribution is 2.40. The molecule has 0 unspecified atom stereocenters. The molecule has 3 rings (SSSR count). The van der Waals surface area contributed by atoms with E-state index in [0.29, 0.717) is 0 Å². The summed E-state index contributed by atoms with van der Waals surface area (Å²) in [4.78, 5) is 11.0. The van der Waals surface area contributed by atoms with E-state index in [9.17, 15) is 4.79 Å². The van der Waals surface area contributed by atoms with Crippen molar-refractivity contribution in [1.82, 2.24) is 0 Å². The van der Waals surface area contributed by atoms with Crippen LogP contribution in [0.1, 0.15) is 23.1 Å². The number of fused-ring (bicyclic) bond motifs is 3. The molecule has 16 heavy (non-hydrogen) atoms. The van der Waals surface area contributed by atoms with Gasteiger partial charge >= 0.3 is 0 Å². The maximum absolute atomic E-state index is 11.0. The molecule has 2 aliphatic rings. The van der Waals surface area contributed by atoms with Gasteiger partial charge in [0.15, 0.2) is 0 Å². The van der Waals surface area contributed by atoms with Crippen molar-refractivity contribution < 1.29 is 9.53 Å². The van der Waals surface area contributed by atoms with E-state index in [1.807, 2.05) is 6.07 Å². The first-order valence-electron chi connectivity index (χ1n) is 5.53. The minimum atomic E-state index is -0.362. The normalized spacial score (nSPS) is 19.4. The molecule has 1 amide bonds. The molecule has 3 nitrogen and oxygen atoms in total. The molecule has 0 saturated carbocycles. The number of carbonyl (C=O) groups excluding carboxylic acids is 1. The van der Waals surface area contributed by atoms with E-state index < -0.39 is 0 Å². The summed E-state index contributed by atoms with van der Waals surface area (Å²) < 4.78 is 5.53. The van der Waals surface area contributed by atoms with E-state index >= 15 is 0 Å². The van der Waals surface area contributed by atoms with Crippen molar-refractivity contribution in [2.24, 2.45) is 5.73 Å². The highest BCUT2D eigenvalue weighted by atomic mass is 16.5. The molecule has 3 heteroatoms. The molecule has 2 N–H and O–H groups in total. The summed E-state index contributed by atoms with van der Waals surface area (Å²) in [6.07, 6.45) is 4.41. The molecule has 0 aromatic heterocycles. The lowest BCUT2D eigenvalue weighted by molar-refractivity contribution is -0.113. The van der Waals surface area contributed by atoms with Gasteiger partial charge < -0.3 is 10.5 Å². The number of benzene rings is 1. The first-order chi connectivity index (χ1) is 7.75. The standard InChI is InChI=1S/C13H13NO2/c14-12(15)7-9-2-1-8-3-4-11-10(13(8)9)5-6-16-11/h3-4,7H,1-2,5-6H2,(H2,14,15). The average Bonchev–Trinajstić information content (AvgIpc) is 2.82. The Labute approximate surface area is 93.9 Å². The number of nitrogens with two attached hydrogens (primary N) is 1. The van der Waals surface area contributed by atoms with E-state index in [1.54, 1.807) is 6.08 Å². The van der Waals surface area contributed by atoms with Gasteiger partial charge in [0.2, 0.25) is 5.91 Å². The van der Waals surface area contributed by atoms with Crippen LogP contribution in [0.5, 0.6) is 5.75 Å². The smallest absolute Gasteiger partial charge is 0.241 e. The first kappa shape index (κ1) is 9.46. The van der Waals surface area contributed by atoms with Gasteiger partial charge in [0.25, 0.3) is 0 Å². The van der Waals surface area contributed by atoms with Gasteiger partial charge in [0.05, 0.1) is 6.61 Å². The Kier molecular flexibility index (Phi) is 1.99. The van der Waals surface area contributed by atoms with Gasteiger partial charge in [-0.1, -0.05) is 6.07 Å². The second kappa shape index (κ2) is 3.37. The zero-order valence-electron chi connectivity index (χ0n) is 8.95. The maximum Gasteiger partial charge on any atom is 0.241 e. The van der Waals surface area contributed by atoms with Gasteiger partial charge in [-0.25, -0.2) is 0 Å². The second-order valence-electron chi connectivity index (χ2n) is 4.25. The largest absolute Gasteiger partial charge is 0.493 e. The molecule has 1 aromatic carbocycles. The Morgan fingerprint density at radius 1 is 1.31 bits per heavy atom. The van der Waals surface area contributed by atoms with Crippen molar-refractivity contribution in [2.45, 2.75) is 19.3 Å². The predicted molar refractivity (Wildman–Crippen MR) is 61.1 cm³/mol. The van der Waals surface area contributed by atoms with Crippen LogP contribution in [-0.2, 0) is 17.6 Å². The van der Waals surface area contributed by atoms with Crippen LogP contribution in [0, 0.1) is 0 Å². The molecule has 0 atom stereocenters. The Hall–Kier alpha value is -1.77. The van der Waals surface area contributed by atoms with Crippen LogP contribution in [0.3, 0.4) is 0 Å². The van der Waals surface area contributed by atoms with Crippen LogP contribution in [0.15, 0.2) is 18.2 Å². The molecule has 1 aliphatic carbocycles. The second-order valence-corrected chi connectivity index (χ2v) is 4.25. The Balaban J connectivity index is 2.17. The molecule has 0 saturated heterocycles. The van der Waals surface area contributed by atoms with Gasteiger partial charge in [0, 0.05) is 18.1 Å². The Morgan fingerprint density at radius 3 is 3.00 bits per heavy atom. The van der Waals surface area contributed by atoms with Crippen molar-refractivity contribution in [2.75, 3.05) is 6.61 Å². The third-order valence-corrected chi connectivity index (χ3v) is 3.27. The van der Waals surface area contributed by atoms with Gasteiger partial charge in [0.1, 0.15) is 5.75 Å². The van der Waals surface area contributed by atoms with Crippen molar-refractivity contribution in [3.8, 4) is 5.75 Å². The van der Waals surface area contributed by atoms with E-state index in [1.165, 1.54) is 16.7 Å². The number of hydrogen-bond acceptors (Lipinski definition) is 2. The molecular weight excluding hydrogens is 202 g/mol. The highest BCUT2D eigenvalue weighted by Gasteiger charge is 2.25. The summed E-state index contributed by atoms with van der Waals surface area (Å²) in [5, 5.41) is 0. The highest BCUT2D eigenvalue weighted by molar-refractivity contribution is 5.96. The van der Waals surface area contributed by atoms with Crippen molar-refractivity contribution in [1.29, 1.82) is 0 Å². The van der Waals surface area contributed by atoms with E-state index in [-0.39, 0.29) is 5.91 Å². The van der Waals surface area contributed by atoms with Gasteiger partial charge in [-0.2, -0.15) is 0 Å². The van der Waals surface area contributed by atoms with E-state index in [0.717, 1.165) is 37.2 Å². The molecule has 1 aromatic rings. The fourth-order valence-electron chi connectivity index (χ4n) is 2.64.